The number of hydrogen-bond donors (Lipinski definition) is 3. The highest BCUT2D eigenvalue weighted by atomic mass is 16.6. The molecule has 12 heteroatoms. The van der Waals surface area contributed by atoms with Crippen LogP contribution in [0.25, 0.3) is 0 Å². The Hall–Kier alpha value is -3.44. The Morgan fingerprint density at radius 3 is 2.18 bits per heavy atom. The lowest BCUT2D eigenvalue weighted by Crippen LogP contribution is -2.59. The number of allylic oxidation sites excluding steroid dienone is 1. The van der Waals surface area contributed by atoms with Gasteiger partial charge in [0.05, 0.1) is 12.5 Å². The first-order chi connectivity index (χ1) is 21.0. The molecular formula is C33H52N4O8. The number of ether oxygens (including phenoxy) is 2. The van der Waals surface area contributed by atoms with Crippen molar-refractivity contribution in [2.24, 2.45) is 17.8 Å². The number of carbonyl (C=O) groups is 6. The maximum atomic E-state index is 14.1. The van der Waals surface area contributed by atoms with Gasteiger partial charge in [0.15, 0.2) is 0 Å². The molecule has 2 aliphatic carbocycles. The molecule has 3 aliphatic rings. The number of Topliss-reactive ketones (excluding diaryl/α,β-unsaturated/α-hetero) is 1. The highest BCUT2D eigenvalue weighted by molar-refractivity contribution is 6.38. The van der Waals surface area contributed by atoms with Crippen LogP contribution < -0.4 is 16.0 Å². The first kappa shape index (κ1) is 36.0. The molecule has 252 valence electrons. The Morgan fingerprint density at radius 1 is 0.933 bits per heavy atom. The fourth-order valence-electron chi connectivity index (χ4n) is 6.22. The van der Waals surface area contributed by atoms with E-state index < -0.39 is 59.0 Å². The van der Waals surface area contributed by atoms with Crippen LogP contribution in [-0.4, -0.2) is 82.9 Å². The normalized spacial score (nSPS) is 22.7. The van der Waals surface area contributed by atoms with Crippen LogP contribution in [0.4, 0.5) is 4.79 Å². The number of likely N-dealkylation sites (tertiary alicyclic amines) is 1. The van der Waals surface area contributed by atoms with Crippen molar-refractivity contribution in [3.63, 3.8) is 0 Å². The minimum absolute atomic E-state index is 0.0553. The molecule has 0 radical (unpaired) electrons. The minimum atomic E-state index is -1.14. The molecule has 1 saturated heterocycles. The second-order valence-corrected chi connectivity index (χ2v) is 14.5. The van der Waals surface area contributed by atoms with Crippen LogP contribution in [0.15, 0.2) is 12.7 Å². The second-order valence-electron chi connectivity index (χ2n) is 14.5. The number of alkyl carbamates (subject to hydrolysis) is 1. The Kier molecular flexibility index (Phi) is 12.2. The van der Waals surface area contributed by atoms with Crippen LogP contribution in [0.2, 0.25) is 0 Å². The smallest absolute Gasteiger partial charge is 0.408 e. The molecule has 5 atom stereocenters. The summed E-state index contributed by atoms with van der Waals surface area (Å²) < 4.78 is 10.7. The number of carbonyl (C=O) groups excluding carboxylic acids is 6. The average Bonchev–Trinajstić information content (AvgIpc) is 3.60. The number of hydrogen-bond acceptors (Lipinski definition) is 8. The van der Waals surface area contributed by atoms with Gasteiger partial charge in [-0.1, -0.05) is 25.3 Å². The molecule has 0 bridgehead atoms. The topological polar surface area (TPSA) is 160 Å². The molecule has 3 rings (SSSR count). The molecule has 1 heterocycles. The predicted octanol–water partition coefficient (Wildman–Crippen LogP) is 3.18. The average molecular weight is 633 g/mol. The molecule has 0 aromatic heterocycles. The third-order valence-corrected chi connectivity index (χ3v) is 8.31. The summed E-state index contributed by atoms with van der Waals surface area (Å²) in [7, 11) is 0. The summed E-state index contributed by atoms with van der Waals surface area (Å²) in [6, 6.07) is -2.79. The highest BCUT2D eigenvalue weighted by Crippen LogP contribution is 2.50. The van der Waals surface area contributed by atoms with E-state index in [-0.39, 0.29) is 43.0 Å². The fourth-order valence-corrected chi connectivity index (χ4v) is 6.22. The molecule has 0 aromatic rings. The largest absolute Gasteiger partial charge is 0.460 e. The molecule has 4 amide bonds. The lowest BCUT2D eigenvalue weighted by molar-refractivity contribution is -0.154. The quantitative estimate of drug-likeness (QED) is 0.159. The molecular weight excluding hydrogens is 580 g/mol. The zero-order valence-corrected chi connectivity index (χ0v) is 27.7. The van der Waals surface area contributed by atoms with Gasteiger partial charge in [0.25, 0.3) is 5.91 Å². The van der Waals surface area contributed by atoms with E-state index in [0.717, 1.165) is 38.5 Å². The number of nitrogens with zero attached hydrogens (tertiary/aromatic N) is 1. The SMILES string of the molecule is C=CCCC(NC(=O)C1C2CC2CN1C(=O)C(NC(=O)OC(C)(C)C)C1CCCCC1)C(=O)C(=O)NCCC(=O)OC(C)(C)C. The van der Waals surface area contributed by atoms with E-state index >= 15 is 0 Å². The van der Waals surface area contributed by atoms with Crippen molar-refractivity contribution in [3.05, 3.63) is 12.7 Å². The monoisotopic (exact) mass is 632 g/mol. The van der Waals surface area contributed by atoms with E-state index in [0.29, 0.717) is 13.0 Å². The summed E-state index contributed by atoms with van der Waals surface area (Å²) >= 11 is 0. The summed E-state index contributed by atoms with van der Waals surface area (Å²) in [6.45, 7) is 14.4. The Labute approximate surface area is 266 Å². The van der Waals surface area contributed by atoms with E-state index in [9.17, 15) is 28.8 Å². The molecule has 3 fully saturated rings. The van der Waals surface area contributed by atoms with Crippen molar-refractivity contribution < 1.29 is 38.2 Å². The van der Waals surface area contributed by atoms with Crippen LogP contribution in [0.5, 0.6) is 0 Å². The predicted molar refractivity (Wildman–Crippen MR) is 167 cm³/mol. The Bertz CT molecular complexity index is 1130. The third-order valence-electron chi connectivity index (χ3n) is 8.31. The molecule has 45 heavy (non-hydrogen) atoms. The maximum absolute atomic E-state index is 14.1. The van der Waals surface area contributed by atoms with E-state index in [2.05, 4.69) is 22.5 Å². The van der Waals surface area contributed by atoms with Crippen LogP contribution in [0, 0.1) is 17.8 Å². The Balaban J connectivity index is 1.70. The number of esters is 1. The number of amides is 4. The zero-order valence-electron chi connectivity index (χ0n) is 27.7. The zero-order chi connectivity index (χ0) is 33.5. The summed E-state index contributed by atoms with van der Waals surface area (Å²) in [5.41, 5.74) is -1.41. The van der Waals surface area contributed by atoms with Gasteiger partial charge in [0.2, 0.25) is 17.6 Å². The van der Waals surface area contributed by atoms with Crippen LogP contribution in [-0.2, 0) is 33.4 Å². The van der Waals surface area contributed by atoms with Gasteiger partial charge in [-0.25, -0.2) is 4.79 Å². The number of ketones is 1. The minimum Gasteiger partial charge on any atom is -0.460 e. The lowest BCUT2D eigenvalue weighted by atomic mass is 9.83. The molecule has 1 aliphatic heterocycles. The number of rotatable bonds is 13. The third kappa shape index (κ3) is 10.8. The molecule has 12 nitrogen and oxygen atoms in total. The maximum Gasteiger partial charge on any atom is 0.408 e. The van der Waals surface area contributed by atoms with Crippen LogP contribution in [0.3, 0.4) is 0 Å². The van der Waals surface area contributed by atoms with E-state index in [1.165, 1.54) is 0 Å². The van der Waals surface area contributed by atoms with Gasteiger partial charge in [-0.05, 0) is 91.4 Å². The van der Waals surface area contributed by atoms with Gasteiger partial charge < -0.3 is 30.3 Å². The summed E-state index contributed by atoms with van der Waals surface area (Å²) in [4.78, 5) is 80.0. The van der Waals surface area contributed by atoms with Gasteiger partial charge >= 0.3 is 12.1 Å². The summed E-state index contributed by atoms with van der Waals surface area (Å²) in [6.07, 6.45) is 6.63. The van der Waals surface area contributed by atoms with Crippen molar-refractivity contribution in [2.45, 2.75) is 129 Å². The van der Waals surface area contributed by atoms with E-state index in [1.807, 2.05) is 0 Å². The molecule has 2 saturated carbocycles. The van der Waals surface area contributed by atoms with Gasteiger partial charge in [0.1, 0.15) is 23.3 Å². The van der Waals surface area contributed by atoms with Gasteiger partial charge in [-0.15, -0.1) is 6.58 Å². The highest BCUT2D eigenvalue weighted by Gasteiger charge is 2.58. The fraction of sp³-hybridized carbons (Fsp3) is 0.758. The van der Waals surface area contributed by atoms with Crippen molar-refractivity contribution in [1.82, 2.24) is 20.9 Å². The van der Waals surface area contributed by atoms with Crippen molar-refractivity contribution in [3.8, 4) is 0 Å². The van der Waals surface area contributed by atoms with Crippen LogP contribution >= 0.6 is 0 Å². The number of piperidine rings is 1. The number of fused-ring (bicyclic) bond motifs is 1. The van der Waals surface area contributed by atoms with Crippen molar-refractivity contribution >= 4 is 35.6 Å². The Morgan fingerprint density at radius 2 is 1.58 bits per heavy atom. The van der Waals surface area contributed by atoms with Crippen molar-refractivity contribution in [1.29, 1.82) is 0 Å². The first-order valence-corrected chi connectivity index (χ1v) is 16.3. The molecule has 5 unspecified atom stereocenters. The number of nitrogens with one attached hydrogen (secondary N) is 3. The standard InChI is InChI=1S/C33H52N4O8/c1-8-9-15-23(27(39)29(41)34-17-16-24(38)44-32(2,3)4)35-28(40)26-22-18-21(22)19-37(26)30(42)25(20-13-11-10-12-14-20)36-31(43)45-33(5,6)7/h8,20-23,25-26H,1,9-19H2,2-7H3,(H,34,41)(H,35,40)(H,36,43). The lowest BCUT2D eigenvalue weighted by Gasteiger charge is -2.36. The van der Waals surface area contributed by atoms with E-state index in [1.54, 1.807) is 52.5 Å². The molecule has 0 aromatic carbocycles. The molecule has 0 spiro atoms. The van der Waals surface area contributed by atoms with E-state index in [4.69, 9.17) is 9.47 Å². The first-order valence-electron chi connectivity index (χ1n) is 16.3. The summed E-state index contributed by atoms with van der Waals surface area (Å²) in [5.74, 6) is -3.07. The van der Waals surface area contributed by atoms with Gasteiger partial charge in [0, 0.05) is 13.1 Å². The van der Waals surface area contributed by atoms with Crippen LogP contribution in [0.1, 0.15) is 99.3 Å². The van der Waals surface area contributed by atoms with Gasteiger partial charge in [-0.2, -0.15) is 0 Å². The van der Waals surface area contributed by atoms with Crippen molar-refractivity contribution in [2.75, 3.05) is 13.1 Å². The second kappa shape index (κ2) is 15.2. The van der Waals surface area contributed by atoms with Gasteiger partial charge in [-0.3, -0.25) is 24.0 Å². The summed E-state index contributed by atoms with van der Waals surface area (Å²) in [5, 5.41) is 8.00. The molecule has 3 N–H and O–H groups in total.